The second-order valence-electron chi connectivity index (χ2n) is 10.3. The number of fused-ring (bicyclic) bond motifs is 3. The minimum atomic E-state index is 0.325. The summed E-state index contributed by atoms with van der Waals surface area (Å²) in [4.78, 5) is 0. The summed E-state index contributed by atoms with van der Waals surface area (Å²) >= 11 is 0. The molecular weight excluding hydrogens is 364 g/mol. The van der Waals surface area contributed by atoms with E-state index in [0.29, 0.717) is 23.3 Å². The maximum Gasteiger partial charge on any atom is 0.0382 e. The van der Waals surface area contributed by atoms with Gasteiger partial charge in [0, 0.05) is 29.0 Å². The van der Waals surface area contributed by atoms with Crippen LogP contribution in [0.1, 0.15) is 64.4 Å². The van der Waals surface area contributed by atoms with Crippen molar-refractivity contribution < 1.29 is 0 Å². The highest BCUT2D eigenvalue weighted by molar-refractivity contribution is 5.63. The van der Waals surface area contributed by atoms with E-state index in [2.05, 4.69) is 92.1 Å². The lowest BCUT2D eigenvalue weighted by Gasteiger charge is -2.31. The molecule has 0 saturated heterocycles. The predicted molar refractivity (Wildman–Crippen MR) is 127 cm³/mol. The molecule has 1 aromatic rings. The molecule has 3 unspecified atom stereocenters. The molecule has 1 heterocycles. The van der Waals surface area contributed by atoms with E-state index in [4.69, 9.17) is 0 Å². The first-order chi connectivity index (χ1) is 14.5. The van der Waals surface area contributed by atoms with Crippen LogP contribution in [0.2, 0.25) is 0 Å². The van der Waals surface area contributed by atoms with Crippen molar-refractivity contribution in [1.82, 2.24) is 5.32 Å². The van der Waals surface area contributed by atoms with Crippen LogP contribution in [0.3, 0.4) is 0 Å². The fraction of sp³-hybridized carbons (Fsp3) is 0.429. The van der Waals surface area contributed by atoms with E-state index in [1.165, 1.54) is 40.2 Å². The smallest absolute Gasteiger partial charge is 0.0382 e. The lowest BCUT2D eigenvalue weighted by molar-refractivity contribution is 0.292. The lowest BCUT2D eigenvalue weighted by Crippen LogP contribution is -2.25. The SMILES string of the molecule is CC(C)(C)C1C=CC(NC2=C(C3=CC4c5ccccc5NC4CC3)C=CCC2)=CC1. The summed E-state index contributed by atoms with van der Waals surface area (Å²) in [5.41, 5.74) is 8.71. The Morgan fingerprint density at radius 2 is 1.93 bits per heavy atom. The summed E-state index contributed by atoms with van der Waals surface area (Å²) in [5.74, 6) is 1.12. The van der Waals surface area contributed by atoms with Gasteiger partial charge in [-0.2, -0.15) is 0 Å². The summed E-state index contributed by atoms with van der Waals surface area (Å²) < 4.78 is 0. The zero-order valence-corrected chi connectivity index (χ0v) is 18.5. The first kappa shape index (κ1) is 19.5. The van der Waals surface area contributed by atoms with Gasteiger partial charge >= 0.3 is 0 Å². The van der Waals surface area contributed by atoms with Gasteiger partial charge in [-0.05, 0) is 72.3 Å². The van der Waals surface area contributed by atoms with Crippen LogP contribution < -0.4 is 10.6 Å². The number of hydrogen-bond donors (Lipinski definition) is 2. The van der Waals surface area contributed by atoms with Gasteiger partial charge in [0.15, 0.2) is 0 Å². The van der Waals surface area contributed by atoms with Gasteiger partial charge in [-0.3, -0.25) is 0 Å². The second-order valence-corrected chi connectivity index (χ2v) is 10.3. The van der Waals surface area contributed by atoms with Crippen LogP contribution in [0.15, 0.2) is 83.3 Å². The van der Waals surface area contributed by atoms with Crippen LogP contribution in [-0.2, 0) is 0 Å². The maximum absolute atomic E-state index is 3.80. The second kappa shape index (κ2) is 7.65. The molecule has 0 amide bonds. The van der Waals surface area contributed by atoms with E-state index in [1.807, 2.05) is 0 Å². The van der Waals surface area contributed by atoms with E-state index >= 15 is 0 Å². The number of nitrogens with one attached hydrogen (secondary N) is 2. The van der Waals surface area contributed by atoms with Gasteiger partial charge in [0.05, 0.1) is 0 Å². The van der Waals surface area contributed by atoms with Gasteiger partial charge in [0.25, 0.3) is 0 Å². The molecule has 0 fully saturated rings. The van der Waals surface area contributed by atoms with Crippen molar-refractivity contribution >= 4 is 5.69 Å². The molecule has 3 atom stereocenters. The number of anilines is 1. The van der Waals surface area contributed by atoms with E-state index in [1.54, 1.807) is 0 Å². The molecule has 0 saturated carbocycles. The molecule has 0 spiro atoms. The monoisotopic (exact) mass is 398 g/mol. The minimum absolute atomic E-state index is 0.325. The molecule has 156 valence electrons. The Labute approximate surface area is 181 Å². The minimum Gasteiger partial charge on any atom is -0.381 e. The van der Waals surface area contributed by atoms with E-state index in [-0.39, 0.29) is 0 Å². The summed E-state index contributed by atoms with van der Waals surface area (Å²) in [6.45, 7) is 7.00. The Morgan fingerprint density at radius 1 is 1.07 bits per heavy atom. The molecule has 2 heteroatoms. The van der Waals surface area contributed by atoms with E-state index in [9.17, 15) is 0 Å². The molecule has 3 aliphatic carbocycles. The predicted octanol–water partition coefficient (Wildman–Crippen LogP) is 6.98. The van der Waals surface area contributed by atoms with Crippen LogP contribution in [0, 0.1) is 11.3 Å². The Kier molecular flexibility index (Phi) is 4.97. The van der Waals surface area contributed by atoms with Crippen molar-refractivity contribution in [1.29, 1.82) is 0 Å². The number of allylic oxidation sites excluding steroid dienone is 8. The average molecular weight is 399 g/mol. The molecule has 2 N–H and O–H groups in total. The van der Waals surface area contributed by atoms with Crippen molar-refractivity contribution in [2.45, 2.75) is 64.8 Å². The molecule has 2 nitrogen and oxygen atoms in total. The molecule has 0 aromatic heterocycles. The Balaban J connectivity index is 1.40. The Morgan fingerprint density at radius 3 is 2.73 bits per heavy atom. The highest BCUT2D eigenvalue weighted by Crippen LogP contribution is 2.44. The van der Waals surface area contributed by atoms with Crippen molar-refractivity contribution in [3.05, 3.63) is 88.8 Å². The number of hydrogen-bond acceptors (Lipinski definition) is 2. The van der Waals surface area contributed by atoms with Gasteiger partial charge in [-0.15, -0.1) is 0 Å². The third-order valence-corrected chi connectivity index (χ3v) is 7.22. The van der Waals surface area contributed by atoms with Gasteiger partial charge in [-0.1, -0.05) is 69.4 Å². The molecule has 0 bridgehead atoms. The Bertz CT molecular complexity index is 980. The number of benzene rings is 1. The molecular formula is C28H34N2. The fourth-order valence-corrected chi connectivity index (χ4v) is 5.34. The van der Waals surface area contributed by atoms with Gasteiger partial charge in [-0.25, -0.2) is 0 Å². The molecule has 0 radical (unpaired) electrons. The van der Waals surface area contributed by atoms with Crippen molar-refractivity contribution in [2.75, 3.05) is 5.32 Å². The topological polar surface area (TPSA) is 24.1 Å². The highest BCUT2D eigenvalue weighted by atomic mass is 15.0. The van der Waals surface area contributed by atoms with E-state index < -0.39 is 0 Å². The summed E-state index contributed by atoms with van der Waals surface area (Å²) in [6.07, 6.45) is 20.0. The summed E-state index contributed by atoms with van der Waals surface area (Å²) in [7, 11) is 0. The van der Waals surface area contributed by atoms with Crippen LogP contribution in [0.25, 0.3) is 0 Å². The van der Waals surface area contributed by atoms with Crippen LogP contribution >= 0.6 is 0 Å². The molecule has 1 aromatic carbocycles. The highest BCUT2D eigenvalue weighted by Gasteiger charge is 2.34. The van der Waals surface area contributed by atoms with Crippen LogP contribution in [0.5, 0.6) is 0 Å². The first-order valence-electron chi connectivity index (χ1n) is 11.6. The van der Waals surface area contributed by atoms with Gasteiger partial charge in [0.1, 0.15) is 0 Å². The lowest BCUT2D eigenvalue weighted by atomic mass is 9.77. The standard InChI is InChI=1S/C28H34N2/c1-28(2,3)20-13-15-21(16-14-20)29-25-10-6-4-8-22(25)19-12-17-27-24(18-19)23-9-5-7-11-26(23)30-27/h4-5,7-9,11,13,15-16,18,20,24,27,29-30H,6,10,12,14,17H2,1-3H3. The van der Waals surface area contributed by atoms with Crippen molar-refractivity contribution in [2.24, 2.45) is 11.3 Å². The van der Waals surface area contributed by atoms with Crippen molar-refractivity contribution in [3.8, 4) is 0 Å². The average Bonchev–Trinajstić information content (AvgIpc) is 3.12. The van der Waals surface area contributed by atoms with Gasteiger partial charge in [0.2, 0.25) is 0 Å². The molecule has 30 heavy (non-hydrogen) atoms. The third kappa shape index (κ3) is 3.69. The fourth-order valence-electron chi connectivity index (χ4n) is 5.34. The Hall–Kier alpha value is -2.48. The third-order valence-electron chi connectivity index (χ3n) is 7.22. The molecule has 5 rings (SSSR count). The zero-order chi connectivity index (χ0) is 20.7. The largest absolute Gasteiger partial charge is 0.381 e. The summed E-state index contributed by atoms with van der Waals surface area (Å²) in [6, 6.07) is 9.37. The number of rotatable bonds is 3. The van der Waals surface area contributed by atoms with Crippen LogP contribution in [0.4, 0.5) is 5.69 Å². The van der Waals surface area contributed by atoms with Crippen LogP contribution in [-0.4, -0.2) is 6.04 Å². The van der Waals surface area contributed by atoms with Crippen molar-refractivity contribution in [3.63, 3.8) is 0 Å². The van der Waals surface area contributed by atoms with Gasteiger partial charge < -0.3 is 10.6 Å². The number of para-hydroxylation sites is 1. The normalized spacial score (nSPS) is 27.8. The zero-order valence-electron chi connectivity index (χ0n) is 18.5. The van der Waals surface area contributed by atoms with E-state index in [0.717, 1.165) is 25.7 Å². The maximum atomic E-state index is 3.80. The molecule has 4 aliphatic rings. The summed E-state index contributed by atoms with van der Waals surface area (Å²) in [5, 5.41) is 7.54. The quantitative estimate of drug-likeness (QED) is 0.573. The first-order valence-corrected chi connectivity index (χ1v) is 11.6. The molecule has 1 aliphatic heterocycles.